The van der Waals surface area contributed by atoms with Crippen LogP contribution in [0.25, 0.3) is 11.8 Å². The van der Waals surface area contributed by atoms with E-state index in [1.165, 1.54) is 4.90 Å². The van der Waals surface area contributed by atoms with Gasteiger partial charge >= 0.3 is 12.0 Å². The number of carbonyl (C=O) groups is 2. The number of aliphatic carboxylic acids is 1. The number of para-hydroxylation sites is 2. The number of ether oxygens (including phenoxy) is 2. The average molecular weight is 428 g/mol. The Morgan fingerprint density at radius 3 is 2.26 bits per heavy atom. The van der Waals surface area contributed by atoms with Gasteiger partial charge in [0.25, 0.3) is 0 Å². The highest BCUT2D eigenvalue weighted by Crippen LogP contribution is 2.41. The van der Waals surface area contributed by atoms with E-state index in [1.54, 1.807) is 54.6 Å². The summed E-state index contributed by atoms with van der Waals surface area (Å²) in [6, 6.07) is 12.9. The van der Waals surface area contributed by atoms with Crippen LogP contribution in [0, 0.1) is 0 Å². The third-order valence-electron chi connectivity index (χ3n) is 5.15. The van der Waals surface area contributed by atoms with E-state index in [2.05, 4.69) is 0 Å². The number of hydrogen-bond donors (Lipinski definition) is 5. The third-order valence-corrected chi connectivity index (χ3v) is 5.15. The van der Waals surface area contributed by atoms with Gasteiger partial charge in [0.05, 0.1) is 11.4 Å². The number of urea groups is 1. The lowest BCUT2D eigenvalue weighted by molar-refractivity contribution is -0.277. The normalized spacial score (nSPS) is 27.4. The van der Waals surface area contributed by atoms with E-state index in [0.29, 0.717) is 22.5 Å². The quantitative estimate of drug-likeness (QED) is 0.475. The summed E-state index contributed by atoms with van der Waals surface area (Å²) in [7, 11) is 0. The number of rotatable bonds is 3. The number of carboxylic acids is 1. The summed E-state index contributed by atoms with van der Waals surface area (Å²) in [6.45, 7) is 0. The van der Waals surface area contributed by atoms with Gasteiger partial charge in [-0.15, -0.1) is 0 Å². The number of nitrogens with two attached hydrogens (primary N) is 1. The zero-order valence-electron chi connectivity index (χ0n) is 16.0. The molecule has 10 heteroatoms. The molecule has 10 nitrogen and oxygen atoms in total. The maximum absolute atomic E-state index is 12.3. The van der Waals surface area contributed by atoms with Crippen LogP contribution in [-0.2, 0) is 14.3 Å². The van der Waals surface area contributed by atoms with Gasteiger partial charge in [-0.25, -0.2) is 9.59 Å². The fraction of sp³-hybridized carbons (Fsp3) is 0.238. The molecule has 2 aromatic carbocycles. The van der Waals surface area contributed by atoms with Gasteiger partial charge in [0.15, 0.2) is 6.10 Å². The Hall–Kier alpha value is -3.44. The van der Waals surface area contributed by atoms with E-state index in [0.717, 1.165) is 0 Å². The number of anilines is 2. The molecule has 0 spiro atoms. The summed E-state index contributed by atoms with van der Waals surface area (Å²) in [5.74, 6) is -1.38. The standard InChI is InChI=1S/C21H20N2O8/c22-21(29)23-12-7-3-1-5-10(12)9-14(11-6-2-4-8-13(11)23)30-20-17(26)15(24)16(25)18(31-20)19(27)28/h1-9,15-18,20,24-26H,(H2,22,29)(H,27,28)/t15-,16-,17+,18-,20?/m0/s1. The summed E-state index contributed by atoms with van der Waals surface area (Å²) in [5, 5.41) is 39.5. The lowest BCUT2D eigenvalue weighted by Gasteiger charge is -2.38. The minimum absolute atomic E-state index is 0.142. The van der Waals surface area contributed by atoms with Crippen LogP contribution in [0.15, 0.2) is 48.5 Å². The summed E-state index contributed by atoms with van der Waals surface area (Å²) < 4.78 is 11.0. The van der Waals surface area contributed by atoms with Crippen molar-refractivity contribution in [2.75, 3.05) is 4.90 Å². The SMILES string of the molecule is NC(=O)N1c2ccccc2C=C(OC2O[C@H](C(=O)O)[C@@H](O)[C@H](O)[C@H]2O)c2ccccc21. The number of fused-ring (bicyclic) bond motifs is 2. The van der Waals surface area contributed by atoms with E-state index >= 15 is 0 Å². The van der Waals surface area contributed by atoms with Crippen molar-refractivity contribution in [2.45, 2.75) is 30.7 Å². The van der Waals surface area contributed by atoms with Crippen LogP contribution in [0.3, 0.4) is 0 Å². The summed E-state index contributed by atoms with van der Waals surface area (Å²) in [4.78, 5) is 25.0. The van der Waals surface area contributed by atoms with Crippen LogP contribution >= 0.6 is 0 Å². The fourth-order valence-corrected chi connectivity index (χ4v) is 3.65. The van der Waals surface area contributed by atoms with Crippen molar-refractivity contribution in [3.8, 4) is 0 Å². The second-order valence-electron chi connectivity index (χ2n) is 7.11. The molecular weight excluding hydrogens is 408 g/mol. The van der Waals surface area contributed by atoms with E-state index in [4.69, 9.17) is 15.2 Å². The molecule has 1 fully saturated rings. The van der Waals surface area contributed by atoms with E-state index < -0.39 is 42.7 Å². The van der Waals surface area contributed by atoms with Crippen molar-refractivity contribution in [1.82, 2.24) is 0 Å². The molecule has 2 heterocycles. The monoisotopic (exact) mass is 428 g/mol. The number of primary amides is 1. The number of amides is 2. The Balaban J connectivity index is 1.79. The van der Waals surface area contributed by atoms with Gasteiger partial charge in [0.1, 0.15) is 24.1 Å². The Kier molecular flexibility index (Phi) is 5.38. The minimum Gasteiger partial charge on any atom is -0.479 e. The molecule has 31 heavy (non-hydrogen) atoms. The zero-order valence-corrected chi connectivity index (χ0v) is 16.0. The summed E-state index contributed by atoms with van der Waals surface area (Å²) >= 11 is 0. The van der Waals surface area contributed by atoms with Gasteiger partial charge in [-0.1, -0.05) is 30.3 Å². The number of carbonyl (C=O) groups excluding carboxylic acids is 1. The van der Waals surface area contributed by atoms with Crippen LogP contribution in [-0.4, -0.2) is 63.1 Å². The Labute approximate surface area is 176 Å². The maximum atomic E-state index is 12.3. The minimum atomic E-state index is -1.84. The van der Waals surface area contributed by atoms with Gasteiger partial charge in [-0.2, -0.15) is 0 Å². The number of hydrogen-bond acceptors (Lipinski definition) is 7. The lowest BCUT2D eigenvalue weighted by Crippen LogP contribution is -2.60. The van der Waals surface area contributed by atoms with Crippen molar-refractivity contribution < 1.29 is 39.5 Å². The lowest BCUT2D eigenvalue weighted by atomic mass is 9.99. The number of aliphatic hydroxyl groups excluding tert-OH is 3. The van der Waals surface area contributed by atoms with Crippen molar-refractivity contribution in [3.63, 3.8) is 0 Å². The van der Waals surface area contributed by atoms with Gasteiger partial charge < -0.3 is 35.6 Å². The molecule has 0 saturated carbocycles. The zero-order chi connectivity index (χ0) is 22.3. The highest BCUT2D eigenvalue weighted by atomic mass is 16.7. The van der Waals surface area contributed by atoms with Crippen molar-refractivity contribution in [3.05, 3.63) is 59.7 Å². The Morgan fingerprint density at radius 1 is 0.935 bits per heavy atom. The number of carboxylic acid groups (broad SMARTS) is 1. The largest absolute Gasteiger partial charge is 0.479 e. The van der Waals surface area contributed by atoms with Crippen LogP contribution in [0.2, 0.25) is 0 Å². The van der Waals surface area contributed by atoms with Gasteiger partial charge in [-0.3, -0.25) is 4.90 Å². The molecule has 6 N–H and O–H groups in total. The van der Waals surface area contributed by atoms with Crippen LogP contribution < -0.4 is 10.6 Å². The Morgan fingerprint density at radius 2 is 1.58 bits per heavy atom. The molecule has 2 amide bonds. The summed E-state index contributed by atoms with van der Waals surface area (Å²) in [5.41, 5.74) is 7.50. The van der Waals surface area contributed by atoms with Crippen LogP contribution in [0.1, 0.15) is 11.1 Å². The molecule has 0 radical (unpaired) electrons. The molecule has 0 aromatic heterocycles. The van der Waals surface area contributed by atoms with Crippen molar-refractivity contribution >= 4 is 35.2 Å². The molecule has 2 aromatic rings. The molecule has 0 aliphatic carbocycles. The molecule has 5 atom stereocenters. The smallest absolute Gasteiger partial charge is 0.335 e. The summed E-state index contributed by atoms with van der Waals surface area (Å²) in [6.07, 6.45) is -7.21. The van der Waals surface area contributed by atoms with Gasteiger partial charge in [0, 0.05) is 11.1 Å². The highest BCUT2D eigenvalue weighted by Gasteiger charge is 2.48. The molecule has 4 rings (SSSR count). The molecule has 2 aliphatic rings. The number of aliphatic hydroxyl groups is 3. The van der Waals surface area contributed by atoms with Crippen molar-refractivity contribution in [1.29, 1.82) is 0 Å². The molecule has 2 aliphatic heterocycles. The first kappa shape index (κ1) is 20.8. The first-order valence-corrected chi connectivity index (χ1v) is 9.38. The van der Waals surface area contributed by atoms with E-state index in [9.17, 15) is 30.0 Å². The molecular formula is C21H20N2O8. The van der Waals surface area contributed by atoms with E-state index in [-0.39, 0.29) is 5.76 Å². The molecule has 1 saturated heterocycles. The molecule has 162 valence electrons. The van der Waals surface area contributed by atoms with Crippen LogP contribution in [0.4, 0.5) is 16.2 Å². The van der Waals surface area contributed by atoms with Gasteiger partial charge in [0.2, 0.25) is 6.29 Å². The number of nitrogens with zero attached hydrogens (tertiary/aromatic N) is 1. The first-order chi connectivity index (χ1) is 14.8. The molecule has 0 bridgehead atoms. The Bertz CT molecular complexity index is 1060. The second-order valence-corrected chi connectivity index (χ2v) is 7.11. The van der Waals surface area contributed by atoms with Gasteiger partial charge in [-0.05, 0) is 24.3 Å². The van der Waals surface area contributed by atoms with Crippen LogP contribution in [0.5, 0.6) is 0 Å². The first-order valence-electron chi connectivity index (χ1n) is 9.38. The predicted molar refractivity (Wildman–Crippen MR) is 108 cm³/mol. The maximum Gasteiger partial charge on any atom is 0.335 e. The number of benzene rings is 2. The fourth-order valence-electron chi connectivity index (χ4n) is 3.65. The molecule has 1 unspecified atom stereocenters. The van der Waals surface area contributed by atoms with E-state index in [1.807, 2.05) is 0 Å². The highest BCUT2D eigenvalue weighted by molar-refractivity contribution is 6.06. The second kappa shape index (κ2) is 8.00. The average Bonchev–Trinajstić information content (AvgIpc) is 2.88. The topological polar surface area (TPSA) is 163 Å². The van der Waals surface area contributed by atoms with Crippen molar-refractivity contribution in [2.24, 2.45) is 5.73 Å². The third kappa shape index (κ3) is 3.62. The predicted octanol–water partition coefficient (Wildman–Crippen LogP) is 0.624.